The summed E-state index contributed by atoms with van der Waals surface area (Å²) in [7, 11) is -2.33. The van der Waals surface area contributed by atoms with Crippen molar-refractivity contribution in [2.45, 2.75) is 36.8 Å². The van der Waals surface area contributed by atoms with E-state index in [0.717, 1.165) is 30.1 Å². The van der Waals surface area contributed by atoms with E-state index in [9.17, 15) is 18.3 Å². The first-order chi connectivity index (χ1) is 14.9. The van der Waals surface area contributed by atoms with Crippen molar-refractivity contribution in [2.24, 2.45) is 0 Å². The number of sulfonamides is 1. The van der Waals surface area contributed by atoms with Crippen LogP contribution in [0, 0.1) is 0 Å². The van der Waals surface area contributed by atoms with Crippen LogP contribution >= 0.6 is 11.3 Å². The van der Waals surface area contributed by atoms with Crippen molar-refractivity contribution in [3.63, 3.8) is 0 Å². The van der Waals surface area contributed by atoms with Gasteiger partial charge in [-0.25, -0.2) is 22.9 Å². The summed E-state index contributed by atoms with van der Waals surface area (Å²) in [5, 5.41) is 12.4. The number of carbonyl (C=O) groups excluding carboxylic acids is 1. The summed E-state index contributed by atoms with van der Waals surface area (Å²) in [5.41, 5.74) is 2.17. The van der Waals surface area contributed by atoms with Crippen LogP contribution < -0.4 is 19.8 Å². The molecule has 0 radical (unpaired) electrons. The van der Waals surface area contributed by atoms with Crippen molar-refractivity contribution in [2.75, 3.05) is 48.4 Å². The van der Waals surface area contributed by atoms with Gasteiger partial charge in [-0.1, -0.05) is 18.3 Å². The zero-order chi connectivity index (χ0) is 22.4. The molecular formula is C20H29N5O4S2. The smallest absolute Gasteiger partial charge is 0.328 e. The molecule has 9 nitrogen and oxygen atoms in total. The molecular weight excluding hydrogens is 438 g/mol. The predicted octanol–water partition coefficient (Wildman–Crippen LogP) is 2.63. The number of aliphatic hydroxyl groups is 1. The highest BCUT2D eigenvalue weighted by Crippen LogP contribution is 2.31. The molecule has 1 aromatic carbocycles. The van der Waals surface area contributed by atoms with E-state index in [1.807, 2.05) is 31.2 Å². The van der Waals surface area contributed by atoms with Crippen molar-refractivity contribution in [1.82, 2.24) is 9.71 Å². The molecule has 1 fully saturated rings. The molecule has 0 spiro atoms. The Labute approximate surface area is 187 Å². The fourth-order valence-corrected chi connectivity index (χ4v) is 5.91. The maximum Gasteiger partial charge on any atom is 0.328 e. The van der Waals surface area contributed by atoms with Gasteiger partial charge in [0, 0.05) is 37.6 Å². The molecule has 11 heteroatoms. The van der Waals surface area contributed by atoms with Gasteiger partial charge < -0.3 is 15.3 Å². The van der Waals surface area contributed by atoms with Crippen LogP contribution in [0.3, 0.4) is 0 Å². The van der Waals surface area contributed by atoms with Crippen LogP contribution in [0.1, 0.15) is 31.9 Å². The molecule has 0 saturated carbocycles. The van der Waals surface area contributed by atoms with Gasteiger partial charge in [-0.2, -0.15) is 0 Å². The number of nitrogens with zero attached hydrogens (tertiary/aromatic N) is 3. The molecule has 1 aliphatic heterocycles. The fraction of sp³-hybridized carbons (Fsp3) is 0.500. The molecule has 0 unspecified atom stereocenters. The number of aromatic nitrogens is 1. The highest BCUT2D eigenvalue weighted by molar-refractivity contribution is 7.91. The summed E-state index contributed by atoms with van der Waals surface area (Å²) in [6.45, 7) is 4.02. The van der Waals surface area contributed by atoms with Crippen LogP contribution in [0.4, 0.5) is 21.3 Å². The molecule has 2 amide bonds. The van der Waals surface area contributed by atoms with Gasteiger partial charge in [0.2, 0.25) is 0 Å². The lowest BCUT2D eigenvalue weighted by Gasteiger charge is -2.21. The maximum atomic E-state index is 13.0. The van der Waals surface area contributed by atoms with Gasteiger partial charge in [-0.05, 0) is 57.0 Å². The molecule has 1 saturated heterocycles. The van der Waals surface area contributed by atoms with Gasteiger partial charge in [0.25, 0.3) is 10.0 Å². The van der Waals surface area contributed by atoms with Gasteiger partial charge in [0.05, 0.1) is 5.69 Å². The highest BCUT2D eigenvalue weighted by atomic mass is 32.2. The molecule has 3 rings (SSSR count). The monoisotopic (exact) mass is 467 g/mol. The maximum absolute atomic E-state index is 13.0. The number of amides is 2. The van der Waals surface area contributed by atoms with Crippen LogP contribution in [0.5, 0.6) is 0 Å². The Morgan fingerprint density at radius 2 is 1.94 bits per heavy atom. The number of urea groups is 1. The number of anilines is 3. The Kier molecular flexibility index (Phi) is 7.87. The standard InChI is InChI=1S/C20H29N5O4S2/c1-3-17-18(31(28,29)21-2)30-20(23-17)25(13-6-14-26)19(27)22-15-7-9-16(10-8-15)24-11-4-5-12-24/h7-10,21,26H,3-6,11-14H2,1-2H3,(H,22,27). The second kappa shape index (κ2) is 10.4. The molecule has 2 heterocycles. The Bertz CT molecular complexity index is 985. The Hall–Kier alpha value is -2.21. The Balaban J connectivity index is 1.81. The third-order valence-corrected chi connectivity index (χ3v) is 8.19. The molecule has 31 heavy (non-hydrogen) atoms. The number of aliphatic hydroxyl groups excluding tert-OH is 1. The minimum absolute atomic E-state index is 0.0952. The number of hydrogen-bond donors (Lipinski definition) is 3. The third kappa shape index (κ3) is 5.53. The lowest BCUT2D eigenvalue weighted by Crippen LogP contribution is -2.36. The second-order valence-electron chi connectivity index (χ2n) is 7.19. The Morgan fingerprint density at radius 1 is 1.26 bits per heavy atom. The van der Waals surface area contributed by atoms with E-state index in [0.29, 0.717) is 24.2 Å². The van der Waals surface area contributed by atoms with Crippen molar-refractivity contribution in [3.05, 3.63) is 30.0 Å². The van der Waals surface area contributed by atoms with E-state index in [1.54, 1.807) is 0 Å². The van der Waals surface area contributed by atoms with E-state index in [4.69, 9.17) is 0 Å². The number of thiazole rings is 1. The number of carbonyl (C=O) groups is 1. The first-order valence-electron chi connectivity index (χ1n) is 10.4. The van der Waals surface area contributed by atoms with E-state index in [2.05, 4.69) is 19.9 Å². The van der Waals surface area contributed by atoms with Crippen molar-refractivity contribution in [1.29, 1.82) is 0 Å². The third-order valence-electron chi connectivity index (χ3n) is 5.10. The van der Waals surface area contributed by atoms with Crippen LogP contribution in [-0.4, -0.2) is 57.8 Å². The van der Waals surface area contributed by atoms with E-state index >= 15 is 0 Å². The van der Waals surface area contributed by atoms with Gasteiger partial charge in [-0.3, -0.25) is 4.90 Å². The average Bonchev–Trinajstić information content (AvgIpc) is 3.45. The van der Waals surface area contributed by atoms with Gasteiger partial charge >= 0.3 is 6.03 Å². The summed E-state index contributed by atoms with van der Waals surface area (Å²) >= 11 is 0.948. The lowest BCUT2D eigenvalue weighted by atomic mass is 10.2. The largest absolute Gasteiger partial charge is 0.396 e. The average molecular weight is 468 g/mol. The predicted molar refractivity (Wildman–Crippen MR) is 124 cm³/mol. The molecule has 170 valence electrons. The first kappa shape index (κ1) is 23.5. The molecule has 0 atom stereocenters. The molecule has 1 aromatic heterocycles. The number of hydrogen-bond acceptors (Lipinski definition) is 7. The fourth-order valence-electron chi connectivity index (χ4n) is 3.40. The highest BCUT2D eigenvalue weighted by Gasteiger charge is 2.26. The molecule has 1 aliphatic rings. The van der Waals surface area contributed by atoms with Crippen molar-refractivity contribution < 1.29 is 18.3 Å². The van der Waals surface area contributed by atoms with Crippen LogP contribution in [0.25, 0.3) is 0 Å². The molecule has 2 aromatic rings. The van der Waals surface area contributed by atoms with Crippen LogP contribution in [-0.2, 0) is 16.4 Å². The van der Waals surface area contributed by atoms with Gasteiger partial charge in [0.15, 0.2) is 9.34 Å². The molecule has 3 N–H and O–H groups in total. The summed E-state index contributed by atoms with van der Waals surface area (Å²) in [6.07, 6.45) is 3.14. The quantitative estimate of drug-likeness (QED) is 0.522. The molecule has 0 bridgehead atoms. The van der Waals surface area contributed by atoms with E-state index in [1.165, 1.54) is 24.8 Å². The zero-order valence-electron chi connectivity index (χ0n) is 17.8. The minimum atomic E-state index is -3.68. The minimum Gasteiger partial charge on any atom is -0.396 e. The summed E-state index contributed by atoms with van der Waals surface area (Å²) in [6, 6.07) is 7.25. The van der Waals surface area contributed by atoms with Crippen molar-refractivity contribution >= 4 is 43.9 Å². The van der Waals surface area contributed by atoms with Gasteiger partial charge in [-0.15, -0.1) is 0 Å². The lowest BCUT2D eigenvalue weighted by molar-refractivity contribution is 0.254. The number of nitrogens with one attached hydrogen (secondary N) is 2. The topological polar surface area (TPSA) is 115 Å². The SMILES string of the molecule is CCc1nc(N(CCCO)C(=O)Nc2ccc(N3CCCC3)cc2)sc1S(=O)(=O)NC. The summed E-state index contributed by atoms with van der Waals surface area (Å²) < 4.78 is 27.1. The second-order valence-corrected chi connectivity index (χ2v) is 10.3. The van der Waals surface area contributed by atoms with E-state index < -0.39 is 16.1 Å². The van der Waals surface area contributed by atoms with Crippen LogP contribution in [0.2, 0.25) is 0 Å². The summed E-state index contributed by atoms with van der Waals surface area (Å²) in [5.74, 6) is 0. The first-order valence-corrected chi connectivity index (χ1v) is 12.7. The van der Waals surface area contributed by atoms with E-state index in [-0.39, 0.29) is 22.5 Å². The summed E-state index contributed by atoms with van der Waals surface area (Å²) in [4.78, 5) is 21.1. The zero-order valence-corrected chi connectivity index (χ0v) is 19.4. The van der Waals surface area contributed by atoms with Gasteiger partial charge in [0.1, 0.15) is 0 Å². The number of benzene rings is 1. The van der Waals surface area contributed by atoms with Crippen molar-refractivity contribution in [3.8, 4) is 0 Å². The Morgan fingerprint density at radius 3 is 2.52 bits per heavy atom. The molecule has 0 aliphatic carbocycles. The number of rotatable bonds is 9. The van der Waals surface area contributed by atoms with Crippen LogP contribution in [0.15, 0.2) is 28.5 Å². The number of aryl methyl sites for hydroxylation is 1. The normalized spacial score (nSPS) is 14.1.